The number of hydrogen-bond acceptors (Lipinski definition) is 3. The summed E-state index contributed by atoms with van der Waals surface area (Å²) >= 11 is 0. The van der Waals surface area contributed by atoms with Gasteiger partial charge in [0.1, 0.15) is 22.7 Å². The van der Waals surface area contributed by atoms with Crippen LogP contribution in [0.15, 0.2) is 88.7 Å². The number of rotatable bonds is 6. The number of aryl methyl sites for hydroxylation is 1. The van der Waals surface area contributed by atoms with Gasteiger partial charge in [0.15, 0.2) is 4.90 Å². The third kappa shape index (κ3) is 4.68. The first-order valence-electron chi connectivity index (χ1n) is 8.22. The van der Waals surface area contributed by atoms with Crippen molar-refractivity contribution < 1.29 is 12.6 Å². The molecule has 0 saturated heterocycles. The van der Waals surface area contributed by atoms with Gasteiger partial charge in [-0.25, -0.2) is 0 Å². The van der Waals surface area contributed by atoms with Gasteiger partial charge in [0, 0.05) is 16.5 Å². The highest BCUT2D eigenvalue weighted by Gasteiger charge is 2.19. The molecule has 0 aromatic heterocycles. The van der Waals surface area contributed by atoms with Gasteiger partial charge in [-0.2, -0.15) is 8.42 Å². The quantitative estimate of drug-likeness (QED) is 0.461. The van der Waals surface area contributed by atoms with Crippen molar-refractivity contribution in [1.82, 2.24) is 0 Å². The predicted molar refractivity (Wildman–Crippen MR) is 107 cm³/mol. The van der Waals surface area contributed by atoms with E-state index in [1.165, 1.54) is 10.5 Å². The standard InChI is InChI=1S/C21H21O3S2/c1-17-8-14-21(15-9-17)26(22,23)24-19-10-12-20(13-11-19)25(2)16-18-6-4-3-5-7-18/h3-15H,16H2,1-2H3/q+1. The van der Waals surface area contributed by atoms with Crippen LogP contribution in [-0.2, 0) is 26.8 Å². The Balaban J connectivity index is 1.70. The van der Waals surface area contributed by atoms with Gasteiger partial charge in [-0.3, -0.25) is 0 Å². The van der Waals surface area contributed by atoms with Gasteiger partial charge < -0.3 is 4.18 Å². The highest BCUT2D eigenvalue weighted by atomic mass is 32.2. The Hall–Kier alpha value is -2.24. The summed E-state index contributed by atoms with van der Waals surface area (Å²) in [4.78, 5) is 1.33. The molecule has 134 valence electrons. The fourth-order valence-corrected chi connectivity index (χ4v) is 4.90. The molecule has 0 fully saturated rings. The van der Waals surface area contributed by atoms with E-state index in [1.807, 2.05) is 37.3 Å². The molecule has 0 amide bonds. The lowest BCUT2D eigenvalue weighted by atomic mass is 10.2. The minimum Gasteiger partial charge on any atom is -0.379 e. The molecule has 3 aromatic carbocycles. The first-order chi connectivity index (χ1) is 12.4. The molecule has 0 aliphatic heterocycles. The smallest absolute Gasteiger partial charge is 0.339 e. The van der Waals surface area contributed by atoms with Crippen LogP contribution in [0.4, 0.5) is 0 Å². The highest BCUT2D eigenvalue weighted by Crippen LogP contribution is 2.23. The Kier molecular flexibility index (Phi) is 5.69. The lowest BCUT2D eigenvalue weighted by molar-refractivity contribution is 0.486. The normalized spacial score (nSPS) is 12.5. The van der Waals surface area contributed by atoms with E-state index in [0.29, 0.717) is 5.75 Å². The van der Waals surface area contributed by atoms with E-state index in [4.69, 9.17) is 4.18 Å². The van der Waals surface area contributed by atoms with Gasteiger partial charge in [-0.1, -0.05) is 48.0 Å². The first kappa shape index (κ1) is 18.5. The lowest BCUT2D eigenvalue weighted by Crippen LogP contribution is -2.10. The summed E-state index contributed by atoms with van der Waals surface area (Å²) in [6.45, 7) is 1.91. The van der Waals surface area contributed by atoms with Crippen molar-refractivity contribution in [3.05, 3.63) is 90.0 Å². The van der Waals surface area contributed by atoms with Crippen LogP contribution in [0.2, 0.25) is 0 Å². The van der Waals surface area contributed by atoms with E-state index in [1.54, 1.807) is 36.4 Å². The van der Waals surface area contributed by atoms with Gasteiger partial charge >= 0.3 is 10.1 Å². The fraction of sp³-hybridized carbons (Fsp3) is 0.143. The summed E-state index contributed by atoms with van der Waals surface area (Å²) in [5.74, 6) is 1.29. The van der Waals surface area contributed by atoms with Gasteiger partial charge in [-0.15, -0.1) is 0 Å². The second kappa shape index (κ2) is 7.98. The van der Waals surface area contributed by atoms with Crippen molar-refractivity contribution in [2.24, 2.45) is 0 Å². The summed E-state index contributed by atoms with van der Waals surface area (Å²) < 4.78 is 30.0. The Bertz CT molecular complexity index is 948. The molecule has 26 heavy (non-hydrogen) atoms. The fourth-order valence-electron chi connectivity index (χ4n) is 2.51. The summed E-state index contributed by atoms with van der Waals surface area (Å²) in [7, 11) is -3.77. The molecule has 0 saturated carbocycles. The van der Waals surface area contributed by atoms with Crippen LogP contribution in [0, 0.1) is 6.92 Å². The second-order valence-electron chi connectivity index (χ2n) is 6.09. The SMILES string of the molecule is Cc1ccc(S(=O)(=O)Oc2ccc([S+](C)Cc3ccccc3)cc2)cc1. The summed E-state index contributed by atoms with van der Waals surface area (Å²) in [5, 5.41) is 0. The van der Waals surface area contributed by atoms with Gasteiger partial charge in [0.25, 0.3) is 0 Å². The summed E-state index contributed by atoms with van der Waals surface area (Å²) in [6, 6.07) is 24.3. The molecule has 0 spiro atoms. The number of hydrogen-bond donors (Lipinski definition) is 0. The van der Waals surface area contributed by atoms with E-state index in [-0.39, 0.29) is 15.8 Å². The van der Waals surface area contributed by atoms with Crippen LogP contribution >= 0.6 is 0 Å². The molecule has 0 bridgehead atoms. The Morgan fingerprint density at radius 3 is 2.08 bits per heavy atom. The largest absolute Gasteiger partial charge is 0.379 e. The van der Waals surface area contributed by atoms with Crippen molar-refractivity contribution in [2.45, 2.75) is 22.5 Å². The molecule has 1 atom stereocenters. The van der Waals surface area contributed by atoms with Crippen LogP contribution in [0.3, 0.4) is 0 Å². The van der Waals surface area contributed by atoms with Gasteiger partial charge in [0.05, 0.1) is 0 Å². The zero-order valence-electron chi connectivity index (χ0n) is 14.8. The Labute approximate surface area is 158 Å². The van der Waals surface area contributed by atoms with Crippen molar-refractivity contribution in [3.63, 3.8) is 0 Å². The minimum atomic E-state index is -3.81. The average Bonchev–Trinajstić information content (AvgIpc) is 2.63. The summed E-state index contributed by atoms with van der Waals surface area (Å²) in [5.41, 5.74) is 2.29. The molecule has 0 radical (unpaired) electrons. The molecule has 0 N–H and O–H groups in total. The molecule has 3 aromatic rings. The molecule has 0 heterocycles. The molecule has 3 rings (SSSR count). The monoisotopic (exact) mass is 385 g/mol. The van der Waals surface area contributed by atoms with Gasteiger partial charge in [-0.05, 0) is 43.3 Å². The molecule has 1 unspecified atom stereocenters. The van der Waals surface area contributed by atoms with E-state index < -0.39 is 10.1 Å². The highest BCUT2D eigenvalue weighted by molar-refractivity contribution is 7.95. The van der Waals surface area contributed by atoms with E-state index in [9.17, 15) is 8.42 Å². The minimum absolute atomic E-state index is 0.0406. The Morgan fingerprint density at radius 1 is 0.846 bits per heavy atom. The molecule has 0 aliphatic rings. The van der Waals surface area contributed by atoms with Gasteiger partial charge in [0.2, 0.25) is 0 Å². The predicted octanol–water partition coefficient (Wildman–Crippen LogP) is 4.57. The van der Waals surface area contributed by atoms with Crippen molar-refractivity contribution >= 4 is 21.0 Å². The van der Waals surface area contributed by atoms with Crippen LogP contribution in [0.25, 0.3) is 0 Å². The topological polar surface area (TPSA) is 43.4 Å². The molecular formula is C21H21O3S2+. The average molecular weight is 386 g/mol. The molecule has 3 nitrogen and oxygen atoms in total. The zero-order valence-corrected chi connectivity index (χ0v) is 16.4. The first-order valence-corrected chi connectivity index (χ1v) is 11.4. The molecule has 5 heteroatoms. The van der Waals surface area contributed by atoms with Crippen molar-refractivity contribution in [3.8, 4) is 5.75 Å². The third-order valence-corrected chi connectivity index (χ3v) is 7.07. The molecular weight excluding hydrogens is 364 g/mol. The lowest BCUT2D eigenvalue weighted by Gasteiger charge is -2.08. The second-order valence-corrected chi connectivity index (χ2v) is 9.67. The zero-order chi connectivity index (χ0) is 18.6. The molecule has 0 aliphatic carbocycles. The summed E-state index contributed by atoms with van der Waals surface area (Å²) in [6.07, 6.45) is 2.19. The maximum atomic E-state index is 12.4. The maximum Gasteiger partial charge on any atom is 0.339 e. The third-order valence-electron chi connectivity index (χ3n) is 3.97. The van der Waals surface area contributed by atoms with E-state index >= 15 is 0 Å². The van der Waals surface area contributed by atoms with Crippen LogP contribution in [0.5, 0.6) is 5.75 Å². The van der Waals surface area contributed by atoms with Crippen LogP contribution in [0.1, 0.15) is 11.1 Å². The van der Waals surface area contributed by atoms with E-state index in [2.05, 4.69) is 18.4 Å². The van der Waals surface area contributed by atoms with Crippen molar-refractivity contribution in [2.75, 3.05) is 6.26 Å². The number of benzene rings is 3. The van der Waals surface area contributed by atoms with Crippen molar-refractivity contribution in [1.29, 1.82) is 0 Å². The Morgan fingerprint density at radius 2 is 1.46 bits per heavy atom. The maximum absolute atomic E-state index is 12.4. The van der Waals surface area contributed by atoms with Crippen LogP contribution in [-0.4, -0.2) is 14.7 Å². The van der Waals surface area contributed by atoms with E-state index in [0.717, 1.165) is 11.3 Å². The van der Waals surface area contributed by atoms with Crippen LogP contribution < -0.4 is 4.18 Å².